The minimum absolute atomic E-state index is 0.178. The van der Waals surface area contributed by atoms with E-state index in [1.807, 2.05) is 24.3 Å². The zero-order chi connectivity index (χ0) is 12.0. The Morgan fingerprint density at radius 3 is 2.69 bits per heavy atom. The second kappa shape index (κ2) is 6.14. The van der Waals surface area contributed by atoms with Crippen molar-refractivity contribution < 1.29 is 4.79 Å². The summed E-state index contributed by atoms with van der Waals surface area (Å²) >= 11 is 6.01. The molecule has 0 heterocycles. The Morgan fingerprint density at radius 1 is 1.50 bits per heavy atom. The zero-order valence-electron chi connectivity index (χ0n) is 8.98. The van der Waals surface area contributed by atoms with E-state index in [1.54, 1.807) is 19.1 Å². The zero-order valence-corrected chi connectivity index (χ0v) is 9.74. The number of rotatable bonds is 4. The van der Waals surface area contributed by atoms with Gasteiger partial charge in [-0.15, -0.1) is 11.6 Å². The maximum Gasteiger partial charge on any atom is 0.242 e. The lowest BCUT2D eigenvalue weighted by molar-refractivity contribution is -0.121. The molecule has 4 heteroatoms. The van der Waals surface area contributed by atoms with Gasteiger partial charge in [-0.25, -0.2) is 0 Å². The van der Waals surface area contributed by atoms with Gasteiger partial charge in [0.25, 0.3) is 0 Å². The van der Waals surface area contributed by atoms with Gasteiger partial charge in [0.15, 0.2) is 0 Å². The average molecular weight is 237 g/mol. The molecule has 1 rings (SSSR count). The summed E-state index contributed by atoms with van der Waals surface area (Å²) in [5, 5.41) is 10.5. The summed E-state index contributed by atoms with van der Waals surface area (Å²) < 4.78 is 0. The topological polar surface area (TPSA) is 52.9 Å². The molecule has 2 unspecified atom stereocenters. The number of halogens is 1. The van der Waals surface area contributed by atoms with E-state index in [0.717, 1.165) is 5.56 Å². The van der Waals surface area contributed by atoms with Crippen LogP contribution in [0.25, 0.3) is 0 Å². The molecular formula is C12H13ClN2O. The molecule has 1 aromatic rings. The summed E-state index contributed by atoms with van der Waals surface area (Å²) in [7, 11) is 0. The standard InChI is InChI=1S/C12H13ClN2O/c1-9(7-8-14)15-12(16)11(13)10-5-3-2-4-6-10/h2-6,9,11H,7H2,1H3,(H,15,16). The minimum atomic E-state index is -0.706. The maximum atomic E-state index is 11.7. The number of nitrogens with one attached hydrogen (secondary N) is 1. The van der Waals surface area contributed by atoms with Crippen LogP contribution in [0.4, 0.5) is 0 Å². The van der Waals surface area contributed by atoms with Crippen molar-refractivity contribution in [2.24, 2.45) is 0 Å². The van der Waals surface area contributed by atoms with Crippen molar-refractivity contribution >= 4 is 17.5 Å². The van der Waals surface area contributed by atoms with Crippen molar-refractivity contribution in [1.29, 1.82) is 5.26 Å². The third kappa shape index (κ3) is 3.56. The van der Waals surface area contributed by atoms with Crippen LogP contribution in [-0.4, -0.2) is 11.9 Å². The Bertz CT molecular complexity index is 386. The number of alkyl halides is 1. The molecule has 0 aromatic heterocycles. The number of nitriles is 1. The average Bonchev–Trinajstić information content (AvgIpc) is 2.29. The Morgan fingerprint density at radius 2 is 2.12 bits per heavy atom. The number of hydrogen-bond donors (Lipinski definition) is 1. The fraction of sp³-hybridized carbons (Fsp3) is 0.333. The van der Waals surface area contributed by atoms with Crippen LogP contribution in [0.5, 0.6) is 0 Å². The molecule has 2 atom stereocenters. The van der Waals surface area contributed by atoms with Crippen LogP contribution in [0.1, 0.15) is 24.3 Å². The number of amides is 1. The smallest absolute Gasteiger partial charge is 0.242 e. The monoisotopic (exact) mass is 236 g/mol. The van der Waals surface area contributed by atoms with Gasteiger partial charge in [-0.3, -0.25) is 4.79 Å². The van der Waals surface area contributed by atoms with Crippen LogP contribution in [-0.2, 0) is 4.79 Å². The summed E-state index contributed by atoms with van der Waals surface area (Å²) in [6.07, 6.45) is 0.282. The molecule has 0 bridgehead atoms. The van der Waals surface area contributed by atoms with Crippen LogP contribution in [0.3, 0.4) is 0 Å². The summed E-state index contributed by atoms with van der Waals surface area (Å²) in [5.74, 6) is -0.268. The Kier molecular flexibility index (Phi) is 4.81. The van der Waals surface area contributed by atoms with E-state index < -0.39 is 5.38 Å². The van der Waals surface area contributed by atoms with E-state index in [2.05, 4.69) is 5.32 Å². The second-order valence-electron chi connectivity index (χ2n) is 3.55. The predicted molar refractivity (Wildman–Crippen MR) is 62.9 cm³/mol. The van der Waals surface area contributed by atoms with Crippen molar-refractivity contribution in [3.8, 4) is 6.07 Å². The van der Waals surface area contributed by atoms with Crippen molar-refractivity contribution in [3.05, 3.63) is 35.9 Å². The Labute approximate surface area is 100 Å². The van der Waals surface area contributed by atoms with Gasteiger partial charge in [-0.2, -0.15) is 5.26 Å². The Hall–Kier alpha value is -1.53. The van der Waals surface area contributed by atoms with Gasteiger partial charge in [0.1, 0.15) is 5.38 Å². The highest BCUT2D eigenvalue weighted by Crippen LogP contribution is 2.20. The fourth-order valence-electron chi connectivity index (χ4n) is 1.28. The highest BCUT2D eigenvalue weighted by Gasteiger charge is 2.18. The fourth-order valence-corrected chi connectivity index (χ4v) is 1.49. The number of carbonyl (C=O) groups is 1. The van der Waals surface area contributed by atoms with Gasteiger partial charge in [0.05, 0.1) is 12.5 Å². The van der Waals surface area contributed by atoms with Crippen molar-refractivity contribution in [3.63, 3.8) is 0 Å². The van der Waals surface area contributed by atoms with Crippen LogP contribution < -0.4 is 5.32 Å². The number of hydrogen-bond acceptors (Lipinski definition) is 2. The summed E-state index contributed by atoms with van der Waals surface area (Å²) in [5.41, 5.74) is 0.755. The first-order valence-corrected chi connectivity index (χ1v) is 5.45. The summed E-state index contributed by atoms with van der Waals surface area (Å²) in [6, 6.07) is 10.9. The van der Waals surface area contributed by atoms with Crippen LogP contribution in [0, 0.1) is 11.3 Å². The van der Waals surface area contributed by atoms with Crippen molar-refractivity contribution in [2.75, 3.05) is 0 Å². The molecule has 1 N–H and O–H groups in total. The molecule has 0 saturated heterocycles. The molecule has 0 saturated carbocycles. The summed E-state index contributed by atoms with van der Waals surface area (Å²) in [4.78, 5) is 11.7. The first-order chi connectivity index (χ1) is 7.65. The van der Waals surface area contributed by atoms with E-state index in [9.17, 15) is 4.79 Å². The normalized spacial score (nSPS) is 13.6. The molecule has 84 valence electrons. The van der Waals surface area contributed by atoms with Crippen LogP contribution >= 0.6 is 11.6 Å². The van der Waals surface area contributed by atoms with E-state index in [4.69, 9.17) is 16.9 Å². The van der Waals surface area contributed by atoms with Gasteiger partial charge in [0, 0.05) is 6.04 Å². The van der Waals surface area contributed by atoms with Crippen molar-refractivity contribution in [2.45, 2.75) is 24.8 Å². The highest BCUT2D eigenvalue weighted by atomic mass is 35.5. The van der Waals surface area contributed by atoms with E-state index >= 15 is 0 Å². The number of carbonyl (C=O) groups excluding carboxylic acids is 1. The van der Waals surface area contributed by atoms with Crippen LogP contribution in [0.2, 0.25) is 0 Å². The molecule has 3 nitrogen and oxygen atoms in total. The molecule has 0 radical (unpaired) electrons. The molecule has 0 aliphatic rings. The largest absolute Gasteiger partial charge is 0.351 e. The molecular weight excluding hydrogens is 224 g/mol. The lowest BCUT2D eigenvalue weighted by Crippen LogP contribution is -2.34. The number of nitrogens with zero attached hydrogens (tertiary/aromatic N) is 1. The van der Waals surface area contributed by atoms with Gasteiger partial charge in [0.2, 0.25) is 5.91 Å². The molecule has 0 aliphatic carbocycles. The SMILES string of the molecule is CC(CC#N)NC(=O)C(Cl)c1ccccc1. The minimum Gasteiger partial charge on any atom is -0.351 e. The van der Waals surface area contributed by atoms with E-state index in [0.29, 0.717) is 0 Å². The summed E-state index contributed by atoms with van der Waals surface area (Å²) in [6.45, 7) is 1.77. The first kappa shape index (κ1) is 12.5. The lowest BCUT2D eigenvalue weighted by Gasteiger charge is -2.14. The van der Waals surface area contributed by atoms with Gasteiger partial charge in [-0.05, 0) is 12.5 Å². The third-order valence-electron chi connectivity index (χ3n) is 2.11. The van der Waals surface area contributed by atoms with E-state index in [1.165, 1.54) is 0 Å². The van der Waals surface area contributed by atoms with Gasteiger partial charge >= 0.3 is 0 Å². The van der Waals surface area contributed by atoms with Crippen LogP contribution in [0.15, 0.2) is 30.3 Å². The quantitative estimate of drug-likeness (QED) is 0.816. The Balaban J connectivity index is 2.59. The lowest BCUT2D eigenvalue weighted by atomic mass is 10.1. The molecule has 0 spiro atoms. The molecule has 16 heavy (non-hydrogen) atoms. The first-order valence-electron chi connectivity index (χ1n) is 5.01. The van der Waals surface area contributed by atoms with Gasteiger partial charge in [-0.1, -0.05) is 30.3 Å². The highest BCUT2D eigenvalue weighted by molar-refractivity contribution is 6.30. The van der Waals surface area contributed by atoms with Crippen molar-refractivity contribution in [1.82, 2.24) is 5.32 Å². The third-order valence-corrected chi connectivity index (χ3v) is 2.56. The maximum absolute atomic E-state index is 11.7. The molecule has 1 aromatic carbocycles. The molecule has 0 aliphatic heterocycles. The molecule has 0 fully saturated rings. The van der Waals surface area contributed by atoms with E-state index in [-0.39, 0.29) is 18.4 Å². The van der Waals surface area contributed by atoms with Gasteiger partial charge < -0.3 is 5.32 Å². The molecule has 1 amide bonds. The second-order valence-corrected chi connectivity index (χ2v) is 3.98. The number of benzene rings is 1. The predicted octanol–water partition coefficient (Wildman–Crippen LogP) is 2.38.